The molecule has 0 aliphatic carbocycles. The summed E-state index contributed by atoms with van der Waals surface area (Å²) >= 11 is 0. The van der Waals surface area contributed by atoms with Crippen molar-refractivity contribution in [2.75, 3.05) is 19.6 Å². The summed E-state index contributed by atoms with van der Waals surface area (Å²) in [6, 6.07) is 3.68. The standard InChI is InChI=1S/C17H24N4O2/c1-4-20(5-2)16(22)7-6-10-19-17(23)15-9-8-14-11-18-12-21(14)13(15)3/h8-9,11-12H,4-7,10H2,1-3H3,(H,19,23). The number of hydrogen-bond donors (Lipinski definition) is 1. The van der Waals surface area contributed by atoms with E-state index in [1.165, 1.54) is 0 Å². The van der Waals surface area contributed by atoms with E-state index in [2.05, 4.69) is 10.3 Å². The number of fused-ring (bicyclic) bond motifs is 1. The summed E-state index contributed by atoms with van der Waals surface area (Å²) in [5, 5.41) is 2.88. The van der Waals surface area contributed by atoms with Crippen molar-refractivity contribution in [3.05, 3.63) is 35.9 Å². The second-order valence-corrected chi connectivity index (χ2v) is 5.45. The van der Waals surface area contributed by atoms with E-state index in [1.807, 2.05) is 37.3 Å². The summed E-state index contributed by atoms with van der Waals surface area (Å²) in [6.07, 6.45) is 4.56. The molecule has 6 nitrogen and oxygen atoms in total. The third kappa shape index (κ3) is 3.88. The molecule has 23 heavy (non-hydrogen) atoms. The van der Waals surface area contributed by atoms with Crippen molar-refractivity contribution in [1.29, 1.82) is 0 Å². The van der Waals surface area contributed by atoms with Gasteiger partial charge in [-0.2, -0.15) is 0 Å². The fourth-order valence-corrected chi connectivity index (χ4v) is 2.64. The normalized spacial score (nSPS) is 10.7. The van der Waals surface area contributed by atoms with Gasteiger partial charge in [0.05, 0.1) is 23.6 Å². The molecule has 6 heteroatoms. The fraction of sp³-hybridized carbons (Fsp3) is 0.471. The average Bonchev–Trinajstić information content (AvgIpc) is 3.02. The van der Waals surface area contributed by atoms with Crippen LogP contribution < -0.4 is 5.32 Å². The van der Waals surface area contributed by atoms with Gasteiger partial charge in [0, 0.05) is 31.7 Å². The molecule has 0 radical (unpaired) electrons. The lowest BCUT2D eigenvalue weighted by Crippen LogP contribution is -2.31. The van der Waals surface area contributed by atoms with Gasteiger partial charge in [0.1, 0.15) is 0 Å². The number of nitrogens with one attached hydrogen (secondary N) is 1. The van der Waals surface area contributed by atoms with E-state index in [4.69, 9.17) is 0 Å². The number of rotatable bonds is 7. The molecule has 124 valence electrons. The van der Waals surface area contributed by atoms with Crippen molar-refractivity contribution in [2.45, 2.75) is 33.6 Å². The highest BCUT2D eigenvalue weighted by Gasteiger charge is 2.12. The Labute approximate surface area is 136 Å². The summed E-state index contributed by atoms with van der Waals surface area (Å²) in [4.78, 5) is 30.1. The second kappa shape index (κ2) is 7.76. The van der Waals surface area contributed by atoms with E-state index in [0.717, 1.165) is 24.3 Å². The van der Waals surface area contributed by atoms with Gasteiger partial charge in [0.15, 0.2) is 0 Å². The maximum absolute atomic E-state index is 12.3. The van der Waals surface area contributed by atoms with E-state index < -0.39 is 0 Å². The molecule has 2 aromatic rings. The number of hydrogen-bond acceptors (Lipinski definition) is 3. The molecule has 0 unspecified atom stereocenters. The first kappa shape index (κ1) is 17.0. The summed E-state index contributed by atoms with van der Waals surface area (Å²) in [5.41, 5.74) is 2.45. The molecule has 0 aromatic carbocycles. The molecule has 0 fully saturated rings. The van der Waals surface area contributed by atoms with Crippen LogP contribution in [-0.4, -0.2) is 45.7 Å². The van der Waals surface area contributed by atoms with Crippen LogP contribution in [0.3, 0.4) is 0 Å². The predicted molar refractivity (Wildman–Crippen MR) is 89.4 cm³/mol. The maximum Gasteiger partial charge on any atom is 0.253 e. The van der Waals surface area contributed by atoms with Crippen LogP contribution in [0, 0.1) is 6.92 Å². The third-order valence-electron chi connectivity index (χ3n) is 4.05. The number of pyridine rings is 1. The van der Waals surface area contributed by atoms with Gasteiger partial charge >= 0.3 is 0 Å². The van der Waals surface area contributed by atoms with Crippen LogP contribution in [0.1, 0.15) is 42.7 Å². The quantitative estimate of drug-likeness (QED) is 0.795. The van der Waals surface area contributed by atoms with Crippen LogP contribution in [0.15, 0.2) is 24.7 Å². The Morgan fingerprint density at radius 2 is 2.00 bits per heavy atom. The number of aryl methyl sites for hydroxylation is 1. The van der Waals surface area contributed by atoms with Gasteiger partial charge in [-0.15, -0.1) is 0 Å². The first-order valence-corrected chi connectivity index (χ1v) is 8.06. The molecule has 2 heterocycles. The number of carbonyl (C=O) groups excluding carboxylic acids is 2. The Hall–Kier alpha value is -2.37. The molecule has 0 aliphatic heterocycles. The Morgan fingerprint density at radius 1 is 1.26 bits per heavy atom. The van der Waals surface area contributed by atoms with Crippen molar-refractivity contribution < 1.29 is 9.59 Å². The molecule has 0 spiro atoms. The zero-order valence-electron chi connectivity index (χ0n) is 14.0. The van der Waals surface area contributed by atoms with Crippen molar-refractivity contribution in [3.8, 4) is 0 Å². The van der Waals surface area contributed by atoms with Gasteiger partial charge < -0.3 is 14.6 Å². The van der Waals surface area contributed by atoms with Crippen LogP contribution in [-0.2, 0) is 4.79 Å². The molecular weight excluding hydrogens is 292 g/mol. The van der Waals surface area contributed by atoms with E-state index in [1.54, 1.807) is 17.4 Å². The number of imidazole rings is 1. The van der Waals surface area contributed by atoms with Gasteiger partial charge in [0.2, 0.25) is 5.91 Å². The van der Waals surface area contributed by atoms with Gasteiger partial charge in [-0.05, 0) is 39.3 Å². The largest absolute Gasteiger partial charge is 0.352 e. The second-order valence-electron chi connectivity index (χ2n) is 5.45. The highest BCUT2D eigenvalue weighted by Crippen LogP contribution is 2.12. The number of nitrogens with zero attached hydrogens (tertiary/aromatic N) is 3. The zero-order chi connectivity index (χ0) is 16.8. The van der Waals surface area contributed by atoms with Crippen molar-refractivity contribution in [1.82, 2.24) is 19.6 Å². The minimum atomic E-state index is -0.117. The SMILES string of the molecule is CCN(CC)C(=O)CCCNC(=O)c1ccc2cncn2c1C. The topological polar surface area (TPSA) is 66.7 Å². The molecule has 2 rings (SSSR count). The van der Waals surface area contributed by atoms with Crippen molar-refractivity contribution >= 4 is 17.3 Å². The van der Waals surface area contributed by atoms with Gasteiger partial charge in [-0.1, -0.05) is 0 Å². The summed E-state index contributed by atoms with van der Waals surface area (Å²) < 4.78 is 1.89. The molecule has 0 aliphatic rings. The first-order chi connectivity index (χ1) is 11.1. The van der Waals surface area contributed by atoms with Crippen LogP contribution in [0.25, 0.3) is 5.52 Å². The monoisotopic (exact) mass is 316 g/mol. The lowest BCUT2D eigenvalue weighted by molar-refractivity contribution is -0.130. The zero-order valence-corrected chi connectivity index (χ0v) is 14.0. The molecule has 0 saturated carbocycles. The molecule has 1 N–H and O–H groups in total. The summed E-state index contributed by atoms with van der Waals surface area (Å²) in [7, 11) is 0. The van der Waals surface area contributed by atoms with Crippen LogP contribution >= 0.6 is 0 Å². The molecule has 0 atom stereocenters. The van der Waals surface area contributed by atoms with Crippen molar-refractivity contribution in [2.24, 2.45) is 0 Å². The minimum Gasteiger partial charge on any atom is -0.352 e. The summed E-state index contributed by atoms with van der Waals surface area (Å²) in [5.74, 6) is 0.0219. The molecular formula is C17H24N4O2. The minimum absolute atomic E-state index is 0.117. The average molecular weight is 316 g/mol. The molecule has 0 saturated heterocycles. The van der Waals surface area contributed by atoms with Gasteiger partial charge in [-0.25, -0.2) is 4.98 Å². The molecule has 2 aromatic heterocycles. The van der Waals surface area contributed by atoms with Crippen LogP contribution in [0.4, 0.5) is 0 Å². The third-order valence-corrected chi connectivity index (χ3v) is 4.05. The Bertz CT molecular complexity index is 689. The highest BCUT2D eigenvalue weighted by atomic mass is 16.2. The van der Waals surface area contributed by atoms with E-state index in [9.17, 15) is 9.59 Å². The summed E-state index contributed by atoms with van der Waals surface area (Å²) in [6.45, 7) is 7.79. The highest BCUT2D eigenvalue weighted by molar-refractivity contribution is 5.95. The fourth-order valence-electron chi connectivity index (χ4n) is 2.64. The van der Waals surface area contributed by atoms with Crippen LogP contribution in [0.2, 0.25) is 0 Å². The predicted octanol–water partition coefficient (Wildman–Crippen LogP) is 2.02. The number of carbonyl (C=O) groups is 2. The molecule has 0 bridgehead atoms. The Kier molecular flexibility index (Phi) is 5.73. The van der Waals surface area contributed by atoms with E-state index in [-0.39, 0.29) is 11.8 Å². The van der Waals surface area contributed by atoms with E-state index in [0.29, 0.717) is 24.9 Å². The van der Waals surface area contributed by atoms with Gasteiger partial charge in [0.25, 0.3) is 5.91 Å². The van der Waals surface area contributed by atoms with E-state index >= 15 is 0 Å². The number of amides is 2. The molecule has 2 amide bonds. The number of aromatic nitrogens is 2. The maximum atomic E-state index is 12.3. The Morgan fingerprint density at radius 3 is 2.70 bits per heavy atom. The lowest BCUT2D eigenvalue weighted by Gasteiger charge is -2.18. The smallest absolute Gasteiger partial charge is 0.253 e. The van der Waals surface area contributed by atoms with Crippen molar-refractivity contribution in [3.63, 3.8) is 0 Å². The first-order valence-electron chi connectivity index (χ1n) is 8.06. The van der Waals surface area contributed by atoms with Gasteiger partial charge in [-0.3, -0.25) is 9.59 Å². The lowest BCUT2D eigenvalue weighted by atomic mass is 10.1. The Balaban J connectivity index is 1.87. The van der Waals surface area contributed by atoms with Crippen LogP contribution in [0.5, 0.6) is 0 Å².